The highest BCUT2D eigenvalue weighted by Crippen LogP contribution is 2.05. The van der Waals surface area contributed by atoms with Gasteiger partial charge in [-0.15, -0.1) is 24.0 Å². The Kier molecular flexibility index (Phi) is 12.9. The number of guanidine groups is 1. The monoisotopic (exact) mass is 464 g/mol. The van der Waals surface area contributed by atoms with Gasteiger partial charge in [0.2, 0.25) is 0 Å². The van der Waals surface area contributed by atoms with E-state index in [0.29, 0.717) is 18.0 Å². The van der Waals surface area contributed by atoms with Gasteiger partial charge >= 0.3 is 0 Å². The lowest BCUT2D eigenvalue weighted by atomic mass is 10.2. The molecule has 1 heterocycles. The van der Waals surface area contributed by atoms with Crippen molar-refractivity contribution < 1.29 is 0 Å². The minimum atomic E-state index is 0. The Morgan fingerprint density at radius 2 is 1.84 bits per heavy atom. The van der Waals surface area contributed by atoms with Gasteiger partial charge in [0, 0.05) is 57.7 Å². The lowest BCUT2D eigenvalue weighted by Crippen LogP contribution is -2.42. The van der Waals surface area contributed by atoms with Gasteiger partial charge in [-0.1, -0.05) is 6.92 Å². The summed E-state index contributed by atoms with van der Waals surface area (Å²) >= 11 is 0. The second-order valence-electron chi connectivity index (χ2n) is 6.99. The SMILES string of the molecule is CN=C(NCCCN(C(C)C)C(C)C)NCC(C)Cn1cccn1.I. The van der Waals surface area contributed by atoms with Gasteiger partial charge in [-0.05, 0) is 46.1 Å². The van der Waals surface area contributed by atoms with Gasteiger partial charge in [-0.3, -0.25) is 14.6 Å². The number of aromatic nitrogens is 2. The van der Waals surface area contributed by atoms with Crippen LogP contribution in [0.2, 0.25) is 0 Å². The quantitative estimate of drug-likeness (QED) is 0.242. The number of nitrogens with one attached hydrogen (secondary N) is 2. The minimum Gasteiger partial charge on any atom is -0.356 e. The van der Waals surface area contributed by atoms with Crippen molar-refractivity contribution in [1.82, 2.24) is 25.3 Å². The molecule has 0 aliphatic rings. The van der Waals surface area contributed by atoms with E-state index in [0.717, 1.165) is 38.6 Å². The van der Waals surface area contributed by atoms with Crippen molar-refractivity contribution in [2.24, 2.45) is 10.9 Å². The summed E-state index contributed by atoms with van der Waals surface area (Å²) in [4.78, 5) is 6.82. The molecule has 0 aromatic carbocycles. The zero-order valence-corrected chi connectivity index (χ0v) is 19.0. The third-order valence-electron chi connectivity index (χ3n) is 4.11. The molecule has 25 heavy (non-hydrogen) atoms. The standard InChI is InChI=1S/C18H36N6.HI/c1-15(2)24(16(3)4)12-7-9-20-18(19-6)21-13-17(5)14-23-11-8-10-22-23;/h8,10-11,15-17H,7,9,12-14H2,1-6H3,(H2,19,20,21);1H. The number of aliphatic imine (C=N–C) groups is 1. The lowest BCUT2D eigenvalue weighted by molar-refractivity contribution is 0.173. The molecule has 1 unspecified atom stereocenters. The molecule has 0 aliphatic carbocycles. The zero-order valence-electron chi connectivity index (χ0n) is 16.7. The van der Waals surface area contributed by atoms with Crippen LogP contribution in [0.5, 0.6) is 0 Å². The van der Waals surface area contributed by atoms with E-state index < -0.39 is 0 Å². The second kappa shape index (κ2) is 13.4. The zero-order chi connectivity index (χ0) is 17.9. The molecule has 0 spiro atoms. The Morgan fingerprint density at radius 3 is 2.36 bits per heavy atom. The van der Waals surface area contributed by atoms with Crippen LogP contribution in [0.15, 0.2) is 23.5 Å². The van der Waals surface area contributed by atoms with E-state index in [1.165, 1.54) is 0 Å². The first-order chi connectivity index (χ1) is 11.4. The predicted molar refractivity (Wildman–Crippen MR) is 118 cm³/mol. The molecular formula is C18H37IN6. The summed E-state index contributed by atoms with van der Waals surface area (Å²) in [5.41, 5.74) is 0. The largest absolute Gasteiger partial charge is 0.356 e. The normalized spacial score (nSPS) is 13.2. The van der Waals surface area contributed by atoms with E-state index in [9.17, 15) is 0 Å². The van der Waals surface area contributed by atoms with Crippen LogP contribution >= 0.6 is 24.0 Å². The summed E-state index contributed by atoms with van der Waals surface area (Å²) in [6.07, 6.45) is 4.93. The molecular weight excluding hydrogens is 427 g/mol. The van der Waals surface area contributed by atoms with E-state index in [1.807, 2.05) is 30.2 Å². The molecule has 1 aromatic heterocycles. The van der Waals surface area contributed by atoms with Crippen molar-refractivity contribution in [2.75, 3.05) is 26.7 Å². The Labute approximate surface area is 170 Å². The van der Waals surface area contributed by atoms with Gasteiger partial charge in [0.25, 0.3) is 0 Å². The first-order valence-corrected chi connectivity index (χ1v) is 9.11. The maximum Gasteiger partial charge on any atom is 0.190 e. The molecule has 1 atom stereocenters. The molecule has 1 rings (SSSR count). The van der Waals surface area contributed by atoms with Crippen LogP contribution in [0.4, 0.5) is 0 Å². The van der Waals surface area contributed by atoms with Gasteiger partial charge in [0.1, 0.15) is 0 Å². The topological polar surface area (TPSA) is 57.5 Å². The fourth-order valence-corrected chi connectivity index (χ4v) is 2.86. The maximum atomic E-state index is 4.30. The van der Waals surface area contributed by atoms with Gasteiger partial charge in [0.15, 0.2) is 5.96 Å². The van der Waals surface area contributed by atoms with E-state index in [2.05, 4.69) is 60.2 Å². The molecule has 1 aromatic rings. The van der Waals surface area contributed by atoms with Crippen LogP contribution in [-0.2, 0) is 6.54 Å². The molecule has 7 heteroatoms. The smallest absolute Gasteiger partial charge is 0.190 e. The Hall–Kier alpha value is -0.830. The third kappa shape index (κ3) is 10.0. The second-order valence-corrected chi connectivity index (χ2v) is 6.99. The first kappa shape index (κ1) is 24.2. The van der Waals surface area contributed by atoms with Crippen molar-refractivity contribution in [3.8, 4) is 0 Å². The number of halogens is 1. The van der Waals surface area contributed by atoms with E-state index in [-0.39, 0.29) is 24.0 Å². The maximum absolute atomic E-state index is 4.30. The summed E-state index contributed by atoms with van der Waals surface area (Å²) in [6.45, 7) is 15.1. The Morgan fingerprint density at radius 1 is 1.16 bits per heavy atom. The van der Waals surface area contributed by atoms with Crippen LogP contribution < -0.4 is 10.6 Å². The fourth-order valence-electron chi connectivity index (χ4n) is 2.86. The van der Waals surface area contributed by atoms with Crippen LogP contribution in [0.3, 0.4) is 0 Å². The van der Waals surface area contributed by atoms with Gasteiger partial charge in [-0.2, -0.15) is 5.10 Å². The molecule has 0 bridgehead atoms. The summed E-state index contributed by atoms with van der Waals surface area (Å²) in [5, 5.41) is 11.1. The van der Waals surface area contributed by atoms with Crippen molar-refractivity contribution in [2.45, 2.75) is 59.7 Å². The van der Waals surface area contributed by atoms with Crippen LogP contribution in [0, 0.1) is 5.92 Å². The average molecular weight is 464 g/mol. The van der Waals surface area contributed by atoms with Crippen molar-refractivity contribution in [3.63, 3.8) is 0 Å². The van der Waals surface area contributed by atoms with Crippen LogP contribution in [-0.4, -0.2) is 59.4 Å². The predicted octanol–water partition coefficient (Wildman–Crippen LogP) is 2.81. The molecule has 6 nitrogen and oxygen atoms in total. The van der Waals surface area contributed by atoms with E-state index >= 15 is 0 Å². The molecule has 0 saturated heterocycles. The minimum absolute atomic E-state index is 0. The van der Waals surface area contributed by atoms with E-state index in [4.69, 9.17) is 0 Å². The first-order valence-electron chi connectivity index (χ1n) is 9.11. The van der Waals surface area contributed by atoms with Crippen molar-refractivity contribution >= 4 is 29.9 Å². The third-order valence-corrected chi connectivity index (χ3v) is 4.11. The summed E-state index contributed by atoms with van der Waals surface area (Å²) in [6, 6.07) is 3.13. The highest BCUT2D eigenvalue weighted by atomic mass is 127. The molecule has 0 radical (unpaired) electrons. The Balaban J connectivity index is 0.00000576. The molecule has 0 fully saturated rings. The van der Waals surface area contributed by atoms with Gasteiger partial charge in [0.05, 0.1) is 0 Å². The lowest BCUT2D eigenvalue weighted by Gasteiger charge is -2.30. The van der Waals surface area contributed by atoms with Gasteiger partial charge in [-0.25, -0.2) is 0 Å². The fraction of sp³-hybridized carbons (Fsp3) is 0.778. The van der Waals surface area contributed by atoms with E-state index in [1.54, 1.807) is 0 Å². The summed E-state index contributed by atoms with van der Waals surface area (Å²) in [5.74, 6) is 1.36. The van der Waals surface area contributed by atoms with Crippen molar-refractivity contribution in [1.29, 1.82) is 0 Å². The van der Waals surface area contributed by atoms with Crippen LogP contribution in [0.1, 0.15) is 41.0 Å². The van der Waals surface area contributed by atoms with Gasteiger partial charge < -0.3 is 10.6 Å². The Bertz CT molecular complexity index is 450. The number of nitrogens with zero attached hydrogens (tertiary/aromatic N) is 4. The van der Waals surface area contributed by atoms with Crippen molar-refractivity contribution in [3.05, 3.63) is 18.5 Å². The highest BCUT2D eigenvalue weighted by Gasteiger charge is 2.12. The highest BCUT2D eigenvalue weighted by molar-refractivity contribution is 14.0. The number of rotatable bonds is 10. The molecule has 2 N–H and O–H groups in total. The summed E-state index contributed by atoms with van der Waals surface area (Å²) < 4.78 is 1.97. The summed E-state index contributed by atoms with van der Waals surface area (Å²) in [7, 11) is 1.82. The molecule has 0 saturated carbocycles. The number of hydrogen-bond acceptors (Lipinski definition) is 3. The molecule has 146 valence electrons. The average Bonchev–Trinajstić information content (AvgIpc) is 3.02. The number of hydrogen-bond donors (Lipinski definition) is 2. The molecule has 0 amide bonds. The molecule has 0 aliphatic heterocycles. The van der Waals surface area contributed by atoms with Crippen LogP contribution in [0.25, 0.3) is 0 Å².